The first-order chi connectivity index (χ1) is 11.2. The fourth-order valence-electron chi connectivity index (χ4n) is 1.98. The number of pyridine rings is 1. The minimum absolute atomic E-state index is 0.0858. The van der Waals surface area contributed by atoms with Crippen molar-refractivity contribution in [1.29, 1.82) is 0 Å². The van der Waals surface area contributed by atoms with E-state index in [0.717, 1.165) is 16.1 Å². The fraction of sp³-hybridized carbons (Fsp3) is 0.125. The number of hydrogen-bond acceptors (Lipinski definition) is 5. The lowest BCUT2D eigenvalue weighted by molar-refractivity contribution is -0.116. The average Bonchev–Trinajstić information content (AvgIpc) is 3.04. The lowest BCUT2D eigenvalue weighted by Gasteiger charge is -2.02. The highest BCUT2D eigenvalue weighted by molar-refractivity contribution is 7.18. The Morgan fingerprint density at radius 1 is 1.09 bits per heavy atom. The molecule has 0 saturated carbocycles. The molecule has 1 aromatic carbocycles. The highest BCUT2D eigenvalue weighted by Gasteiger charge is 2.09. The zero-order valence-electron chi connectivity index (χ0n) is 12.1. The van der Waals surface area contributed by atoms with E-state index in [1.54, 1.807) is 12.4 Å². The standard InChI is InChI=1S/C16H13ClN4OS/c17-13-4-1-11(2-5-13)3-6-14(22)19-16-21-20-15(23-16)12-7-9-18-10-8-12/h1-2,4-5,7-10H,3,6H2,(H,19,21,22). The van der Waals surface area contributed by atoms with Gasteiger partial charge in [0.1, 0.15) is 5.01 Å². The Hall–Kier alpha value is -2.31. The number of anilines is 1. The van der Waals surface area contributed by atoms with Crippen LogP contribution < -0.4 is 5.32 Å². The Morgan fingerprint density at radius 2 is 1.83 bits per heavy atom. The highest BCUT2D eigenvalue weighted by Crippen LogP contribution is 2.25. The first kappa shape index (κ1) is 15.6. The Bertz CT molecular complexity index is 789. The monoisotopic (exact) mass is 344 g/mol. The van der Waals surface area contributed by atoms with E-state index in [2.05, 4.69) is 20.5 Å². The summed E-state index contributed by atoms with van der Waals surface area (Å²) in [5, 5.41) is 12.8. The maximum Gasteiger partial charge on any atom is 0.226 e. The maximum atomic E-state index is 12.0. The van der Waals surface area contributed by atoms with Gasteiger partial charge in [-0.25, -0.2) is 0 Å². The van der Waals surface area contributed by atoms with Crippen LogP contribution in [0.5, 0.6) is 0 Å². The van der Waals surface area contributed by atoms with Gasteiger partial charge in [-0.05, 0) is 36.2 Å². The maximum absolute atomic E-state index is 12.0. The molecule has 116 valence electrons. The van der Waals surface area contributed by atoms with E-state index < -0.39 is 0 Å². The van der Waals surface area contributed by atoms with Crippen molar-refractivity contribution in [2.24, 2.45) is 0 Å². The summed E-state index contributed by atoms with van der Waals surface area (Å²) in [4.78, 5) is 16.0. The van der Waals surface area contributed by atoms with Gasteiger partial charge in [0.05, 0.1) is 0 Å². The molecular weight excluding hydrogens is 332 g/mol. The van der Waals surface area contributed by atoms with Gasteiger partial charge in [-0.15, -0.1) is 10.2 Å². The minimum atomic E-state index is -0.0858. The molecule has 0 aliphatic carbocycles. The predicted octanol–water partition coefficient (Wildman–Crippen LogP) is 3.82. The summed E-state index contributed by atoms with van der Waals surface area (Å²) < 4.78 is 0. The van der Waals surface area contributed by atoms with E-state index in [1.165, 1.54) is 11.3 Å². The number of nitrogens with zero attached hydrogens (tertiary/aromatic N) is 3. The summed E-state index contributed by atoms with van der Waals surface area (Å²) in [6, 6.07) is 11.2. The molecule has 0 aliphatic heterocycles. The van der Waals surface area contributed by atoms with Crippen LogP contribution in [0.2, 0.25) is 5.02 Å². The number of aryl methyl sites for hydroxylation is 1. The molecule has 0 bridgehead atoms. The molecule has 0 spiro atoms. The molecule has 0 saturated heterocycles. The molecule has 3 aromatic rings. The summed E-state index contributed by atoms with van der Waals surface area (Å²) in [5.74, 6) is -0.0858. The minimum Gasteiger partial charge on any atom is -0.301 e. The third-order valence-electron chi connectivity index (χ3n) is 3.15. The number of hydrogen-bond donors (Lipinski definition) is 1. The van der Waals surface area contributed by atoms with Gasteiger partial charge < -0.3 is 5.32 Å². The third-order valence-corrected chi connectivity index (χ3v) is 4.29. The van der Waals surface area contributed by atoms with Gasteiger partial charge in [0.15, 0.2) is 0 Å². The lowest BCUT2D eigenvalue weighted by atomic mass is 10.1. The Kier molecular flexibility index (Phi) is 4.95. The van der Waals surface area contributed by atoms with Gasteiger partial charge in [0, 0.05) is 29.4 Å². The number of rotatable bonds is 5. The van der Waals surface area contributed by atoms with Crippen molar-refractivity contribution in [2.75, 3.05) is 5.32 Å². The van der Waals surface area contributed by atoms with Crippen LogP contribution in [0.15, 0.2) is 48.8 Å². The molecule has 0 fully saturated rings. The van der Waals surface area contributed by atoms with Crippen molar-refractivity contribution in [1.82, 2.24) is 15.2 Å². The molecule has 7 heteroatoms. The molecule has 2 aromatic heterocycles. The van der Waals surface area contributed by atoms with Gasteiger partial charge in [-0.2, -0.15) is 0 Å². The van der Waals surface area contributed by atoms with E-state index in [9.17, 15) is 4.79 Å². The molecule has 0 unspecified atom stereocenters. The smallest absolute Gasteiger partial charge is 0.226 e. The van der Waals surface area contributed by atoms with E-state index in [-0.39, 0.29) is 5.91 Å². The number of carbonyl (C=O) groups is 1. The number of nitrogens with one attached hydrogen (secondary N) is 1. The summed E-state index contributed by atoms with van der Waals surface area (Å²) in [6.07, 6.45) is 4.42. The van der Waals surface area contributed by atoms with Crippen molar-refractivity contribution >= 4 is 34.0 Å². The first-order valence-electron chi connectivity index (χ1n) is 6.99. The number of benzene rings is 1. The lowest BCUT2D eigenvalue weighted by Crippen LogP contribution is -2.12. The van der Waals surface area contributed by atoms with Crippen molar-refractivity contribution in [3.63, 3.8) is 0 Å². The normalized spacial score (nSPS) is 10.5. The van der Waals surface area contributed by atoms with Crippen LogP contribution in [0, 0.1) is 0 Å². The molecule has 0 aliphatic rings. The Morgan fingerprint density at radius 3 is 2.57 bits per heavy atom. The molecule has 1 amide bonds. The van der Waals surface area contributed by atoms with E-state index in [4.69, 9.17) is 11.6 Å². The molecular formula is C16H13ClN4OS. The van der Waals surface area contributed by atoms with E-state index >= 15 is 0 Å². The topological polar surface area (TPSA) is 67.8 Å². The van der Waals surface area contributed by atoms with Crippen molar-refractivity contribution in [3.05, 3.63) is 59.4 Å². The molecule has 1 N–H and O–H groups in total. The average molecular weight is 345 g/mol. The molecule has 0 radical (unpaired) electrons. The molecule has 0 atom stereocenters. The van der Waals surface area contributed by atoms with Crippen molar-refractivity contribution < 1.29 is 4.79 Å². The number of carbonyl (C=O) groups excluding carboxylic acids is 1. The van der Waals surface area contributed by atoms with Crippen LogP contribution >= 0.6 is 22.9 Å². The Balaban J connectivity index is 1.56. The highest BCUT2D eigenvalue weighted by atomic mass is 35.5. The molecule has 2 heterocycles. The third kappa shape index (κ3) is 4.34. The quantitative estimate of drug-likeness (QED) is 0.763. The number of amides is 1. The summed E-state index contributed by atoms with van der Waals surface area (Å²) in [7, 11) is 0. The molecule has 3 rings (SSSR count). The predicted molar refractivity (Wildman–Crippen MR) is 91.5 cm³/mol. The summed E-state index contributed by atoms with van der Waals surface area (Å²) >= 11 is 7.18. The summed E-state index contributed by atoms with van der Waals surface area (Å²) in [5.41, 5.74) is 2.00. The number of aromatic nitrogens is 3. The van der Waals surface area contributed by atoms with E-state index in [0.29, 0.717) is 23.0 Å². The van der Waals surface area contributed by atoms with Crippen molar-refractivity contribution in [3.8, 4) is 10.6 Å². The zero-order valence-corrected chi connectivity index (χ0v) is 13.6. The van der Waals surface area contributed by atoms with Crippen LogP contribution in [0.25, 0.3) is 10.6 Å². The SMILES string of the molecule is O=C(CCc1ccc(Cl)cc1)Nc1nnc(-c2ccncc2)s1. The first-order valence-corrected chi connectivity index (χ1v) is 8.18. The second kappa shape index (κ2) is 7.30. The van der Waals surface area contributed by atoms with Gasteiger partial charge in [-0.3, -0.25) is 9.78 Å². The second-order valence-electron chi connectivity index (χ2n) is 4.82. The van der Waals surface area contributed by atoms with E-state index in [1.807, 2.05) is 36.4 Å². The summed E-state index contributed by atoms with van der Waals surface area (Å²) in [6.45, 7) is 0. The van der Waals surface area contributed by atoms with Crippen LogP contribution in [0.1, 0.15) is 12.0 Å². The fourth-order valence-corrected chi connectivity index (χ4v) is 2.87. The molecule has 5 nitrogen and oxygen atoms in total. The van der Waals surface area contributed by atoms with Gasteiger partial charge >= 0.3 is 0 Å². The van der Waals surface area contributed by atoms with Gasteiger partial charge in [-0.1, -0.05) is 35.1 Å². The van der Waals surface area contributed by atoms with Gasteiger partial charge in [0.2, 0.25) is 11.0 Å². The largest absolute Gasteiger partial charge is 0.301 e. The van der Waals surface area contributed by atoms with Crippen LogP contribution in [0.4, 0.5) is 5.13 Å². The second-order valence-corrected chi connectivity index (χ2v) is 6.24. The Labute approximate surface area is 142 Å². The van der Waals surface area contributed by atoms with Gasteiger partial charge in [0.25, 0.3) is 0 Å². The molecule has 23 heavy (non-hydrogen) atoms. The van der Waals surface area contributed by atoms with Crippen molar-refractivity contribution in [2.45, 2.75) is 12.8 Å². The van der Waals surface area contributed by atoms with Crippen LogP contribution in [-0.4, -0.2) is 21.1 Å². The van der Waals surface area contributed by atoms with Crippen LogP contribution in [-0.2, 0) is 11.2 Å². The zero-order chi connectivity index (χ0) is 16.1. The van der Waals surface area contributed by atoms with Crippen LogP contribution in [0.3, 0.4) is 0 Å². The number of halogens is 1.